The molecule has 19 heavy (non-hydrogen) atoms. The van der Waals surface area contributed by atoms with Gasteiger partial charge in [-0.2, -0.15) is 0 Å². The lowest BCUT2D eigenvalue weighted by molar-refractivity contribution is -0.121. The molecule has 0 spiro atoms. The Morgan fingerprint density at radius 2 is 2.16 bits per heavy atom. The van der Waals surface area contributed by atoms with Crippen molar-refractivity contribution < 1.29 is 9.32 Å². The highest BCUT2D eigenvalue weighted by atomic mass is 16.5. The largest absolute Gasteiger partial charge is 0.367 e. The molecule has 2 aromatic rings. The zero-order valence-electron chi connectivity index (χ0n) is 10.7. The average molecular weight is 260 g/mol. The quantitative estimate of drug-likeness (QED) is 0.822. The Labute approximate surface area is 111 Å². The number of hydrogen-bond acceptors (Lipinski definition) is 5. The molecule has 1 amide bonds. The number of rotatable bonds is 6. The Balaban J connectivity index is 1.65. The van der Waals surface area contributed by atoms with Gasteiger partial charge in [-0.3, -0.25) is 9.78 Å². The normalized spacial score (nSPS) is 10.2. The van der Waals surface area contributed by atoms with Gasteiger partial charge in [-0.1, -0.05) is 5.16 Å². The van der Waals surface area contributed by atoms with Gasteiger partial charge in [0.05, 0.1) is 0 Å². The summed E-state index contributed by atoms with van der Waals surface area (Å²) < 4.78 is 4.91. The van der Waals surface area contributed by atoms with E-state index in [1.54, 1.807) is 18.5 Å². The summed E-state index contributed by atoms with van der Waals surface area (Å²) in [5.41, 5.74) is 1.03. The molecule has 2 heterocycles. The van der Waals surface area contributed by atoms with Crippen LogP contribution in [0.1, 0.15) is 17.7 Å². The third-order valence-electron chi connectivity index (χ3n) is 2.53. The highest BCUT2D eigenvalue weighted by molar-refractivity contribution is 5.76. The summed E-state index contributed by atoms with van der Waals surface area (Å²) in [5, 5.41) is 9.64. The maximum absolute atomic E-state index is 11.6. The van der Waals surface area contributed by atoms with Crippen LogP contribution in [0, 0.1) is 6.92 Å². The van der Waals surface area contributed by atoms with E-state index in [9.17, 15) is 4.79 Å². The van der Waals surface area contributed by atoms with Gasteiger partial charge < -0.3 is 15.2 Å². The molecule has 0 unspecified atom stereocenters. The topological polar surface area (TPSA) is 80.0 Å². The molecule has 0 radical (unpaired) electrons. The van der Waals surface area contributed by atoms with Crippen LogP contribution in [0.2, 0.25) is 0 Å². The SMILES string of the molecule is Cc1cc(NCCC(=O)NCc2ccncc2)no1. The van der Waals surface area contributed by atoms with Gasteiger partial charge in [0, 0.05) is 38.0 Å². The van der Waals surface area contributed by atoms with Crippen molar-refractivity contribution in [1.29, 1.82) is 0 Å². The number of aryl methyl sites for hydroxylation is 1. The first-order chi connectivity index (χ1) is 9.24. The van der Waals surface area contributed by atoms with Gasteiger partial charge in [0.15, 0.2) is 5.82 Å². The van der Waals surface area contributed by atoms with Crippen molar-refractivity contribution in [2.75, 3.05) is 11.9 Å². The van der Waals surface area contributed by atoms with E-state index in [4.69, 9.17) is 4.52 Å². The molecule has 0 fully saturated rings. The van der Waals surface area contributed by atoms with Crippen LogP contribution in [-0.4, -0.2) is 22.6 Å². The van der Waals surface area contributed by atoms with Gasteiger partial charge >= 0.3 is 0 Å². The van der Waals surface area contributed by atoms with Gasteiger partial charge in [-0.25, -0.2) is 0 Å². The molecule has 0 aliphatic carbocycles. The number of anilines is 1. The number of aromatic nitrogens is 2. The van der Waals surface area contributed by atoms with Crippen LogP contribution in [0.3, 0.4) is 0 Å². The molecule has 0 saturated carbocycles. The molecule has 2 N–H and O–H groups in total. The summed E-state index contributed by atoms with van der Waals surface area (Å²) in [4.78, 5) is 15.5. The molecule has 6 nitrogen and oxygen atoms in total. The van der Waals surface area contributed by atoms with Crippen LogP contribution < -0.4 is 10.6 Å². The van der Waals surface area contributed by atoms with E-state index in [0.717, 1.165) is 11.3 Å². The highest BCUT2D eigenvalue weighted by Crippen LogP contribution is 2.06. The van der Waals surface area contributed by atoms with E-state index >= 15 is 0 Å². The molecular formula is C13H16N4O2. The minimum Gasteiger partial charge on any atom is -0.367 e. The predicted octanol–water partition coefficient (Wildman–Crippen LogP) is 1.50. The van der Waals surface area contributed by atoms with Crippen molar-refractivity contribution in [2.45, 2.75) is 19.9 Å². The lowest BCUT2D eigenvalue weighted by atomic mass is 10.2. The van der Waals surface area contributed by atoms with E-state index < -0.39 is 0 Å². The molecule has 2 rings (SSSR count). The Hall–Kier alpha value is -2.37. The first kappa shape index (κ1) is 13.1. The number of hydrogen-bond donors (Lipinski definition) is 2. The van der Waals surface area contributed by atoms with E-state index in [2.05, 4.69) is 20.8 Å². The number of pyridine rings is 1. The Kier molecular flexibility index (Phi) is 4.49. The van der Waals surface area contributed by atoms with Gasteiger partial charge in [0.25, 0.3) is 0 Å². The molecule has 2 aromatic heterocycles. The molecule has 0 bridgehead atoms. The maximum atomic E-state index is 11.6. The maximum Gasteiger partial charge on any atom is 0.222 e. The lowest BCUT2D eigenvalue weighted by Gasteiger charge is -2.05. The van der Waals surface area contributed by atoms with Crippen LogP contribution >= 0.6 is 0 Å². The Morgan fingerprint density at radius 3 is 2.84 bits per heavy atom. The average Bonchev–Trinajstić information content (AvgIpc) is 2.83. The number of nitrogens with one attached hydrogen (secondary N) is 2. The highest BCUT2D eigenvalue weighted by Gasteiger charge is 2.03. The summed E-state index contributed by atoms with van der Waals surface area (Å²) in [5.74, 6) is 1.38. The zero-order valence-corrected chi connectivity index (χ0v) is 10.7. The summed E-state index contributed by atoms with van der Waals surface area (Å²) in [7, 11) is 0. The van der Waals surface area contributed by atoms with Crippen molar-refractivity contribution in [2.24, 2.45) is 0 Å². The lowest BCUT2D eigenvalue weighted by Crippen LogP contribution is -2.24. The van der Waals surface area contributed by atoms with E-state index in [1.807, 2.05) is 19.1 Å². The summed E-state index contributed by atoms with van der Waals surface area (Å²) in [6.07, 6.45) is 3.79. The van der Waals surface area contributed by atoms with Crippen molar-refractivity contribution in [3.63, 3.8) is 0 Å². The molecular weight excluding hydrogens is 244 g/mol. The fourth-order valence-corrected chi connectivity index (χ4v) is 1.54. The Morgan fingerprint density at radius 1 is 1.37 bits per heavy atom. The molecule has 0 aromatic carbocycles. The first-order valence-electron chi connectivity index (χ1n) is 6.07. The molecule has 0 aliphatic rings. The molecule has 100 valence electrons. The summed E-state index contributed by atoms with van der Waals surface area (Å²) in [6.45, 7) is 2.86. The monoisotopic (exact) mass is 260 g/mol. The van der Waals surface area contributed by atoms with Crippen LogP contribution in [0.4, 0.5) is 5.82 Å². The zero-order chi connectivity index (χ0) is 13.5. The van der Waals surface area contributed by atoms with Crippen LogP contribution in [-0.2, 0) is 11.3 Å². The third-order valence-corrected chi connectivity index (χ3v) is 2.53. The fraction of sp³-hybridized carbons (Fsp3) is 0.308. The number of amides is 1. The number of carbonyl (C=O) groups excluding carboxylic acids is 1. The summed E-state index contributed by atoms with van der Waals surface area (Å²) >= 11 is 0. The predicted molar refractivity (Wildman–Crippen MR) is 70.4 cm³/mol. The van der Waals surface area contributed by atoms with Gasteiger partial charge in [0.2, 0.25) is 5.91 Å². The second kappa shape index (κ2) is 6.53. The standard InChI is InChI=1S/C13H16N4O2/c1-10-8-12(17-19-10)15-7-4-13(18)16-9-11-2-5-14-6-3-11/h2-3,5-6,8H,4,7,9H2,1H3,(H,15,17)(H,16,18). The van der Waals surface area contributed by atoms with Gasteiger partial charge in [0.1, 0.15) is 5.76 Å². The van der Waals surface area contributed by atoms with E-state index in [0.29, 0.717) is 25.3 Å². The molecule has 0 aliphatic heterocycles. The molecule has 6 heteroatoms. The molecule has 0 saturated heterocycles. The minimum atomic E-state index is -0.00970. The second-order valence-electron chi connectivity index (χ2n) is 4.13. The second-order valence-corrected chi connectivity index (χ2v) is 4.13. The van der Waals surface area contributed by atoms with Crippen molar-refractivity contribution in [1.82, 2.24) is 15.5 Å². The van der Waals surface area contributed by atoms with Crippen LogP contribution in [0.5, 0.6) is 0 Å². The van der Waals surface area contributed by atoms with Gasteiger partial charge in [-0.05, 0) is 24.6 Å². The number of nitrogens with zero attached hydrogens (tertiary/aromatic N) is 2. The smallest absolute Gasteiger partial charge is 0.222 e. The molecule has 0 atom stereocenters. The fourth-order valence-electron chi connectivity index (χ4n) is 1.54. The van der Waals surface area contributed by atoms with E-state index in [1.165, 1.54) is 0 Å². The van der Waals surface area contributed by atoms with Crippen molar-refractivity contribution in [3.8, 4) is 0 Å². The Bertz CT molecular complexity index is 524. The summed E-state index contributed by atoms with van der Waals surface area (Å²) in [6, 6.07) is 5.53. The van der Waals surface area contributed by atoms with Crippen molar-refractivity contribution >= 4 is 11.7 Å². The van der Waals surface area contributed by atoms with Gasteiger partial charge in [-0.15, -0.1) is 0 Å². The third kappa shape index (κ3) is 4.42. The van der Waals surface area contributed by atoms with E-state index in [-0.39, 0.29) is 5.91 Å². The van der Waals surface area contributed by atoms with Crippen LogP contribution in [0.25, 0.3) is 0 Å². The number of carbonyl (C=O) groups is 1. The minimum absolute atomic E-state index is 0.00970. The first-order valence-corrected chi connectivity index (χ1v) is 6.07. The van der Waals surface area contributed by atoms with Crippen molar-refractivity contribution in [3.05, 3.63) is 41.9 Å². The van der Waals surface area contributed by atoms with Crippen LogP contribution in [0.15, 0.2) is 35.1 Å².